The second-order valence-electron chi connectivity index (χ2n) is 3.66. The molecule has 0 saturated carbocycles. The average Bonchev–Trinajstić information content (AvgIpc) is 2.30. The summed E-state index contributed by atoms with van der Waals surface area (Å²) >= 11 is 18.3. The maximum atomic E-state index is 6.33. The lowest BCUT2D eigenvalue weighted by atomic mass is 10.1. The van der Waals surface area contributed by atoms with Crippen molar-refractivity contribution in [3.63, 3.8) is 0 Å². The Bertz CT molecular complexity index is 499. The van der Waals surface area contributed by atoms with Gasteiger partial charge in [-0.1, -0.05) is 35.3 Å². The fourth-order valence-corrected chi connectivity index (χ4v) is 2.51. The molecule has 0 aliphatic rings. The number of hydrogen-bond acceptors (Lipinski definition) is 1. The summed E-state index contributed by atoms with van der Waals surface area (Å²) in [7, 11) is 0. The van der Waals surface area contributed by atoms with Gasteiger partial charge in [0.2, 0.25) is 0 Å². The standard InChI is InChI=1S/C13H10Cl3N/c14-9-4-5-11(12(15)7-9)13(16)8-10-3-1-2-6-17-10/h1-7,13H,8H2. The Hall–Kier alpha value is -0.760. The van der Waals surface area contributed by atoms with Crippen molar-refractivity contribution < 1.29 is 0 Å². The molecule has 1 heterocycles. The summed E-state index contributed by atoms with van der Waals surface area (Å²) in [6, 6.07) is 11.1. The van der Waals surface area contributed by atoms with Crippen molar-refractivity contribution in [2.75, 3.05) is 0 Å². The van der Waals surface area contributed by atoms with Gasteiger partial charge in [0.15, 0.2) is 0 Å². The van der Waals surface area contributed by atoms with Crippen LogP contribution in [0.1, 0.15) is 16.6 Å². The minimum absolute atomic E-state index is 0.199. The highest BCUT2D eigenvalue weighted by atomic mass is 35.5. The summed E-state index contributed by atoms with van der Waals surface area (Å²) in [5, 5.41) is 1.00. The van der Waals surface area contributed by atoms with Crippen molar-refractivity contribution in [1.82, 2.24) is 4.98 Å². The molecule has 1 aromatic heterocycles. The number of halogens is 3. The van der Waals surface area contributed by atoms with Gasteiger partial charge in [0.05, 0.1) is 5.38 Å². The molecular weight excluding hydrogens is 277 g/mol. The molecule has 1 atom stereocenters. The number of nitrogens with zero attached hydrogens (tertiary/aromatic N) is 1. The highest BCUT2D eigenvalue weighted by Crippen LogP contribution is 2.32. The van der Waals surface area contributed by atoms with E-state index in [2.05, 4.69) is 4.98 Å². The molecule has 0 spiro atoms. The molecule has 0 aliphatic heterocycles. The summed E-state index contributed by atoms with van der Waals surface area (Å²) in [6.45, 7) is 0. The maximum Gasteiger partial charge on any atom is 0.0655 e. The zero-order valence-corrected chi connectivity index (χ0v) is 11.2. The normalized spacial score (nSPS) is 12.4. The minimum atomic E-state index is -0.199. The molecule has 1 aromatic carbocycles. The maximum absolute atomic E-state index is 6.33. The monoisotopic (exact) mass is 285 g/mol. The van der Waals surface area contributed by atoms with Crippen LogP contribution in [-0.2, 0) is 6.42 Å². The van der Waals surface area contributed by atoms with Gasteiger partial charge in [-0.3, -0.25) is 4.98 Å². The van der Waals surface area contributed by atoms with E-state index in [-0.39, 0.29) is 5.38 Å². The number of aromatic nitrogens is 1. The lowest BCUT2D eigenvalue weighted by Crippen LogP contribution is -1.98. The number of benzene rings is 1. The lowest BCUT2D eigenvalue weighted by Gasteiger charge is -2.11. The Kier molecular flexibility index (Phi) is 4.27. The van der Waals surface area contributed by atoms with Gasteiger partial charge in [0.25, 0.3) is 0 Å². The van der Waals surface area contributed by atoms with Crippen molar-refractivity contribution in [3.8, 4) is 0 Å². The van der Waals surface area contributed by atoms with E-state index in [4.69, 9.17) is 34.8 Å². The zero-order valence-electron chi connectivity index (χ0n) is 8.91. The van der Waals surface area contributed by atoms with Gasteiger partial charge < -0.3 is 0 Å². The van der Waals surface area contributed by atoms with Crippen LogP contribution in [0.2, 0.25) is 10.0 Å². The Labute approximate surface area is 115 Å². The van der Waals surface area contributed by atoms with Gasteiger partial charge in [0, 0.05) is 28.4 Å². The van der Waals surface area contributed by atoms with Crippen molar-refractivity contribution in [2.24, 2.45) is 0 Å². The van der Waals surface area contributed by atoms with Crippen LogP contribution in [0.5, 0.6) is 0 Å². The van der Waals surface area contributed by atoms with Crippen molar-refractivity contribution in [1.29, 1.82) is 0 Å². The second-order valence-corrected chi connectivity index (χ2v) is 5.03. The molecule has 0 saturated heterocycles. The van der Waals surface area contributed by atoms with Gasteiger partial charge in [-0.05, 0) is 29.8 Å². The van der Waals surface area contributed by atoms with Gasteiger partial charge in [-0.2, -0.15) is 0 Å². The highest BCUT2D eigenvalue weighted by Gasteiger charge is 2.13. The van der Waals surface area contributed by atoms with Crippen molar-refractivity contribution >= 4 is 34.8 Å². The van der Waals surface area contributed by atoms with E-state index >= 15 is 0 Å². The van der Waals surface area contributed by atoms with Crippen molar-refractivity contribution in [3.05, 3.63) is 63.9 Å². The molecule has 17 heavy (non-hydrogen) atoms. The smallest absolute Gasteiger partial charge is 0.0655 e. The lowest BCUT2D eigenvalue weighted by molar-refractivity contribution is 0.881. The van der Waals surface area contributed by atoms with Crippen LogP contribution in [-0.4, -0.2) is 4.98 Å². The number of pyridine rings is 1. The molecular formula is C13H10Cl3N. The fraction of sp³-hybridized carbons (Fsp3) is 0.154. The number of alkyl halides is 1. The molecule has 2 aromatic rings. The van der Waals surface area contributed by atoms with Crippen LogP contribution in [0.4, 0.5) is 0 Å². The summed E-state index contributed by atoms with van der Waals surface area (Å²) in [4.78, 5) is 4.24. The number of rotatable bonds is 3. The van der Waals surface area contributed by atoms with E-state index in [1.54, 1.807) is 18.3 Å². The summed E-state index contributed by atoms with van der Waals surface area (Å²) in [5.74, 6) is 0. The first-order chi connectivity index (χ1) is 8.16. The molecule has 0 fully saturated rings. The molecule has 0 bridgehead atoms. The van der Waals surface area contributed by atoms with E-state index in [0.29, 0.717) is 16.5 Å². The van der Waals surface area contributed by atoms with Crippen LogP contribution in [0.25, 0.3) is 0 Å². The third-order valence-electron chi connectivity index (χ3n) is 2.41. The molecule has 0 N–H and O–H groups in total. The van der Waals surface area contributed by atoms with Crippen LogP contribution in [0.3, 0.4) is 0 Å². The Morgan fingerprint density at radius 3 is 2.59 bits per heavy atom. The van der Waals surface area contributed by atoms with Crippen LogP contribution < -0.4 is 0 Å². The van der Waals surface area contributed by atoms with E-state index in [0.717, 1.165) is 11.3 Å². The van der Waals surface area contributed by atoms with Gasteiger partial charge in [0.1, 0.15) is 0 Å². The van der Waals surface area contributed by atoms with E-state index in [1.165, 1.54) is 0 Å². The first-order valence-corrected chi connectivity index (χ1v) is 6.35. The highest BCUT2D eigenvalue weighted by molar-refractivity contribution is 6.35. The summed E-state index contributed by atoms with van der Waals surface area (Å²) < 4.78 is 0. The van der Waals surface area contributed by atoms with Gasteiger partial charge in [-0.15, -0.1) is 11.6 Å². The Morgan fingerprint density at radius 1 is 1.12 bits per heavy atom. The van der Waals surface area contributed by atoms with Crippen molar-refractivity contribution in [2.45, 2.75) is 11.8 Å². The second kappa shape index (κ2) is 5.72. The van der Waals surface area contributed by atoms with E-state index < -0.39 is 0 Å². The molecule has 88 valence electrons. The SMILES string of the molecule is Clc1ccc(C(Cl)Cc2ccccn2)c(Cl)c1. The van der Waals surface area contributed by atoms with Crippen LogP contribution >= 0.6 is 34.8 Å². The third kappa shape index (κ3) is 3.35. The minimum Gasteiger partial charge on any atom is -0.261 e. The molecule has 0 radical (unpaired) electrons. The van der Waals surface area contributed by atoms with Crippen LogP contribution in [0, 0.1) is 0 Å². The van der Waals surface area contributed by atoms with E-state index in [1.807, 2.05) is 24.3 Å². The topological polar surface area (TPSA) is 12.9 Å². The Balaban J connectivity index is 2.17. The zero-order chi connectivity index (χ0) is 12.3. The average molecular weight is 287 g/mol. The van der Waals surface area contributed by atoms with Gasteiger partial charge >= 0.3 is 0 Å². The predicted molar refractivity (Wildman–Crippen MR) is 73.0 cm³/mol. The van der Waals surface area contributed by atoms with E-state index in [9.17, 15) is 0 Å². The van der Waals surface area contributed by atoms with Gasteiger partial charge in [-0.25, -0.2) is 0 Å². The number of hydrogen-bond donors (Lipinski definition) is 0. The summed E-state index contributed by atoms with van der Waals surface area (Å²) in [6.07, 6.45) is 2.39. The first-order valence-electron chi connectivity index (χ1n) is 5.16. The van der Waals surface area contributed by atoms with Crippen LogP contribution in [0.15, 0.2) is 42.6 Å². The molecule has 1 nitrogen and oxygen atoms in total. The molecule has 4 heteroatoms. The molecule has 0 aliphatic carbocycles. The predicted octanol–water partition coefficient (Wildman–Crippen LogP) is 4.91. The quantitative estimate of drug-likeness (QED) is 0.731. The summed E-state index contributed by atoms with van der Waals surface area (Å²) in [5.41, 5.74) is 1.82. The first kappa shape index (κ1) is 12.7. The fourth-order valence-electron chi connectivity index (χ4n) is 1.57. The molecule has 0 amide bonds. The Morgan fingerprint density at radius 2 is 1.94 bits per heavy atom. The molecule has 2 rings (SSSR count). The third-order valence-corrected chi connectivity index (χ3v) is 3.37. The largest absolute Gasteiger partial charge is 0.261 e. The molecule has 1 unspecified atom stereocenters.